The Hall–Kier alpha value is -3.79. The van der Waals surface area contributed by atoms with Crippen molar-refractivity contribution in [2.45, 2.75) is 126 Å². The molecule has 2 aromatic heterocycles. The van der Waals surface area contributed by atoms with Gasteiger partial charge < -0.3 is 19.7 Å². The van der Waals surface area contributed by atoms with E-state index in [-0.39, 0.29) is 34.6 Å². The van der Waals surface area contributed by atoms with Crippen LogP contribution in [0, 0.1) is 5.41 Å². The van der Waals surface area contributed by atoms with Gasteiger partial charge in [0.2, 0.25) is 5.95 Å². The largest absolute Gasteiger partial charge is 0.447 e. The number of hydrogen-bond donors (Lipinski definition) is 1. The zero-order chi connectivity index (χ0) is 35.9. The van der Waals surface area contributed by atoms with Gasteiger partial charge in [0.1, 0.15) is 24.1 Å². The maximum absolute atomic E-state index is 12.5. The third kappa shape index (κ3) is 8.25. The molecule has 10 nitrogen and oxygen atoms in total. The second-order valence-electron chi connectivity index (χ2n) is 13.9. The van der Waals surface area contributed by atoms with Gasteiger partial charge in [0.15, 0.2) is 0 Å². The third-order valence-corrected chi connectivity index (χ3v) is 8.42. The summed E-state index contributed by atoms with van der Waals surface area (Å²) in [5, 5.41) is 3.40. The van der Waals surface area contributed by atoms with E-state index in [9.17, 15) is 4.79 Å². The lowest BCUT2D eigenvalue weighted by Crippen LogP contribution is -2.54. The van der Waals surface area contributed by atoms with Gasteiger partial charge in [-0.2, -0.15) is 4.98 Å². The monoisotopic (exact) mass is 661 g/mol. The van der Waals surface area contributed by atoms with Crippen molar-refractivity contribution in [3.8, 4) is 0 Å². The molecule has 264 valence electrons. The Kier molecular flexibility index (Phi) is 12.9. The minimum absolute atomic E-state index is 0.0307. The molecule has 0 radical (unpaired) electrons. The topological polar surface area (TPSA) is 105 Å². The number of aromatic nitrogens is 3. The molecular weight excluding hydrogens is 602 g/mol. The van der Waals surface area contributed by atoms with E-state index in [0.29, 0.717) is 31.5 Å². The summed E-state index contributed by atoms with van der Waals surface area (Å²) in [5.41, 5.74) is 2.29. The van der Waals surface area contributed by atoms with Gasteiger partial charge in [0.05, 0.1) is 30.8 Å². The van der Waals surface area contributed by atoms with Crippen LogP contribution in [0.4, 0.5) is 28.2 Å². The number of nitrogens with zero attached hydrogens (tertiary/aromatic N) is 6. The smallest absolute Gasteiger partial charge is 0.415 e. The van der Waals surface area contributed by atoms with Gasteiger partial charge in [0, 0.05) is 34.0 Å². The van der Waals surface area contributed by atoms with Crippen LogP contribution >= 0.6 is 0 Å². The van der Waals surface area contributed by atoms with Crippen LogP contribution in [-0.4, -0.2) is 64.2 Å². The minimum atomic E-state index is -0.377. The zero-order valence-corrected chi connectivity index (χ0v) is 31.6. The van der Waals surface area contributed by atoms with Gasteiger partial charge in [-0.3, -0.25) is 9.89 Å². The third-order valence-electron chi connectivity index (χ3n) is 8.42. The highest BCUT2D eigenvalue weighted by Crippen LogP contribution is 2.53. The first kappa shape index (κ1) is 38.7. The van der Waals surface area contributed by atoms with Crippen LogP contribution in [0.2, 0.25) is 0 Å². The summed E-state index contributed by atoms with van der Waals surface area (Å²) in [5.74, 6) is 2.58. The standard InChI is InChI=1S/C31H39N7O3.C3H8.2C2H6/c1-19-17-40-28(39)37(19)24-9-8-10-25(35-24)38-23-15-30(5,6)41-18-31(23,7)21-16-33-27(36-26(21)38)34-20-11-12-22(29(2,3)4)32-14-13-20;1-3-2;2*1-2/h8-13,16,19,23H,14-15,17-18H2,1-7H3,(H,33,34,36);3H2,1-2H3;2*1-2H3/t19?,23-,31?;;;/m1.../s1. The van der Waals surface area contributed by atoms with Crippen molar-refractivity contribution in [1.29, 1.82) is 0 Å². The van der Waals surface area contributed by atoms with E-state index in [0.717, 1.165) is 35.0 Å². The predicted octanol–water partition coefficient (Wildman–Crippen LogP) is 9.02. The first-order chi connectivity index (χ1) is 22.8. The zero-order valence-electron chi connectivity index (χ0n) is 31.6. The van der Waals surface area contributed by atoms with Crippen LogP contribution in [0.15, 0.2) is 53.3 Å². The summed E-state index contributed by atoms with van der Waals surface area (Å²) in [7, 11) is 0. The molecule has 6 heterocycles. The van der Waals surface area contributed by atoms with Crippen molar-refractivity contribution in [3.63, 3.8) is 0 Å². The average molecular weight is 662 g/mol. The van der Waals surface area contributed by atoms with Crippen LogP contribution in [0.5, 0.6) is 0 Å². The first-order valence-electron chi connectivity index (χ1n) is 17.7. The highest BCUT2D eigenvalue weighted by molar-refractivity contribution is 5.99. The fourth-order valence-corrected chi connectivity index (χ4v) is 6.02. The number of pyridine rings is 1. The van der Waals surface area contributed by atoms with Gasteiger partial charge in [-0.25, -0.2) is 14.8 Å². The Morgan fingerprint density at radius 3 is 2.25 bits per heavy atom. The second-order valence-corrected chi connectivity index (χ2v) is 13.9. The van der Waals surface area contributed by atoms with Crippen molar-refractivity contribution in [2.24, 2.45) is 10.4 Å². The molecule has 2 fully saturated rings. The molecule has 1 N–H and O–H groups in total. The van der Waals surface area contributed by atoms with Gasteiger partial charge in [-0.15, -0.1) is 0 Å². The molecule has 0 bridgehead atoms. The molecule has 2 unspecified atom stereocenters. The molecule has 2 saturated heterocycles. The maximum atomic E-state index is 12.5. The van der Waals surface area contributed by atoms with E-state index >= 15 is 0 Å². The van der Waals surface area contributed by atoms with Gasteiger partial charge in [0.25, 0.3) is 0 Å². The minimum Gasteiger partial charge on any atom is -0.447 e. The summed E-state index contributed by atoms with van der Waals surface area (Å²) < 4.78 is 11.6. The highest BCUT2D eigenvalue weighted by atomic mass is 16.6. The Morgan fingerprint density at radius 2 is 1.65 bits per heavy atom. The number of ether oxygens (including phenoxy) is 2. The average Bonchev–Trinajstić information content (AvgIpc) is 3.37. The quantitative estimate of drug-likeness (QED) is 0.346. The summed E-state index contributed by atoms with van der Waals surface area (Å²) in [6.07, 6.45) is 9.70. The van der Waals surface area contributed by atoms with E-state index < -0.39 is 0 Å². The van der Waals surface area contributed by atoms with E-state index in [1.807, 2.05) is 71.2 Å². The number of anilines is 4. The molecule has 48 heavy (non-hydrogen) atoms. The maximum Gasteiger partial charge on any atom is 0.415 e. The first-order valence-corrected chi connectivity index (χ1v) is 17.7. The summed E-state index contributed by atoms with van der Waals surface area (Å²) >= 11 is 0. The second kappa shape index (κ2) is 16.1. The number of carbonyl (C=O) groups is 1. The summed E-state index contributed by atoms with van der Waals surface area (Å²) in [6, 6.07) is 5.71. The van der Waals surface area contributed by atoms with E-state index in [1.54, 1.807) is 4.90 Å². The van der Waals surface area contributed by atoms with Crippen LogP contribution < -0.4 is 15.1 Å². The molecule has 0 aliphatic carbocycles. The van der Waals surface area contributed by atoms with E-state index in [4.69, 9.17) is 29.4 Å². The molecule has 4 aliphatic rings. The van der Waals surface area contributed by atoms with Crippen LogP contribution in [-0.2, 0) is 14.9 Å². The number of rotatable bonds is 4. The van der Waals surface area contributed by atoms with Crippen molar-refractivity contribution >= 4 is 35.2 Å². The Labute approximate surface area is 289 Å². The Morgan fingerprint density at radius 1 is 1.00 bits per heavy atom. The van der Waals surface area contributed by atoms with Gasteiger partial charge in [-0.05, 0) is 57.6 Å². The lowest BCUT2D eigenvalue weighted by atomic mass is 9.73. The number of nitrogens with one attached hydrogen (secondary N) is 1. The molecule has 0 spiro atoms. The van der Waals surface area contributed by atoms with Crippen molar-refractivity contribution in [3.05, 3.63) is 53.9 Å². The number of fused-ring (bicyclic) bond motifs is 3. The van der Waals surface area contributed by atoms with E-state index in [1.165, 1.54) is 6.42 Å². The highest BCUT2D eigenvalue weighted by Gasteiger charge is 2.55. The van der Waals surface area contributed by atoms with Crippen LogP contribution in [0.3, 0.4) is 0 Å². The molecule has 6 rings (SSSR count). The van der Waals surface area contributed by atoms with Crippen LogP contribution in [0.25, 0.3) is 0 Å². The normalized spacial score (nSPS) is 23.7. The molecule has 10 heteroatoms. The van der Waals surface area contributed by atoms with Crippen molar-refractivity contribution < 1.29 is 14.3 Å². The molecule has 1 amide bonds. The molecule has 4 aliphatic heterocycles. The summed E-state index contributed by atoms with van der Waals surface area (Å²) in [6.45, 7) is 28.6. The molecule has 0 saturated carbocycles. The van der Waals surface area contributed by atoms with Gasteiger partial charge >= 0.3 is 6.09 Å². The van der Waals surface area contributed by atoms with Crippen molar-refractivity contribution in [1.82, 2.24) is 15.0 Å². The SMILES string of the molecule is CC.CC.CC1COC(=O)N1c1cccc(N2c3nc(NC4=CCN=C(C(C)(C)C)C=C4)ncc3C3(C)COC(C)(C)C[C@@H]23)n1.CCC. The number of carbonyl (C=O) groups excluding carboxylic acids is 1. The number of allylic oxidation sites excluding steroid dienone is 2. The number of hydrogen-bond acceptors (Lipinski definition) is 9. The fraction of sp³-hybridized carbons (Fsp3) is 0.605. The lowest BCUT2D eigenvalue weighted by molar-refractivity contribution is -0.0893. The van der Waals surface area contributed by atoms with E-state index in [2.05, 4.69) is 71.7 Å². The molecule has 3 atom stereocenters. The lowest BCUT2D eigenvalue weighted by Gasteiger charge is -2.46. The summed E-state index contributed by atoms with van der Waals surface area (Å²) in [4.78, 5) is 35.8. The fourth-order valence-electron chi connectivity index (χ4n) is 6.02. The predicted molar refractivity (Wildman–Crippen MR) is 199 cm³/mol. The number of aliphatic imine (C=N–C) groups is 1. The number of amides is 1. The number of cyclic esters (lactones) is 1. The Bertz CT molecular complexity index is 1490. The van der Waals surface area contributed by atoms with Crippen LogP contribution in [0.1, 0.15) is 108 Å². The molecule has 0 aromatic carbocycles. The Balaban J connectivity index is 0.000000832. The van der Waals surface area contributed by atoms with Crippen molar-refractivity contribution in [2.75, 3.05) is 34.9 Å². The molecular formula is C38H59N7O3. The van der Waals surface area contributed by atoms with Gasteiger partial charge in [-0.1, -0.05) is 81.7 Å². The molecule has 2 aromatic rings.